The number of aromatic nitrogens is 2. The van der Waals surface area contributed by atoms with Gasteiger partial charge in [0.1, 0.15) is 0 Å². The summed E-state index contributed by atoms with van der Waals surface area (Å²) in [4.78, 5) is 31.5. The molecule has 0 bridgehead atoms. The second-order valence-corrected chi connectivity index (χ2v) is 5.97. The largest absolute Gasteiger partial charge is 0.449 e. The van der Waals surface area contributed by atoms with Gasteiger partial charge in [0.25, 0.3) is 5.91 Å². The fourth-order valence-electron chi connectivity index (χ4n) is 2.41. The van der Waals surface area contributed by atoms with Gasteiger partial charge in [0.15, 0.2) is 6.10 Å². The first kappa shape index (κ1) is 16.7. The molecule has 6 heteroatoms. The molecule has 3 aromatic rings. The van der Waals surface area contributed by atoms with Gasteiger partial charge in [-0.1, -0.05) is 6.07 Å². The van der Waals surface area contributed by atoms with E-state index in [1.807, 2.05) is 32.0 Å². The first-order chi connectivity index (χ1) is 11.9. The van der Waals surface area contributed by atoms with E-state index in [2.05, 4.69) is 15.3 Å². The number of carbonyl (C=O) groups is 2. The van der Waals surface area contributed by atoms with E-state index < -0.39 is 12.1 Å². The summed E-state index contributed by atoms with van der Waals surface area (Å²) in [7, 11) is 0. The van der Waals surface area contributed by atoms with Crippen molar-refractivity contribution in [2.75, 3.05) is 5.32 Å². The number of hydrogen-bond acceptors (Lipinski definition) is 4. The molecular weight excluding hydrogens is 318 g/mol. The third-order valence-electron chi connectivity index (χ3n) is 4.08. The van der Waals surface area contributed by atoms with Gasteiger partial charge in [-0.3, -0.25) is 4.79 Å². The Morgan fingerprint density at radius 3 is 2.68 bits per heavy atom. The standard InChI is InChI=1S/C19H19N3O3/c1-11-4-6-15(8-12(11)2)22-18(23)13(3)25-19(24)14-5-7-16-17(9-14)21-10-20-16/h4-10,13H,1-3H3,(H,20,21)(H,22,23). The number of aryl methyl sites for hydroxylation is 2. The van der Waals surface area contributed by atoms with Gasteiger partial charge in [-0.2, -0.15) is 0 Å². The van der Waals surface area contributed by atoms with Crippen molar-refractivity contribution in [3.8, 4) is 0 Å². The van der Waals surface area contributed by atoms with Crippen LogP contribution in [-0.4, -0.2) is 27.9 Å². The lowest BCUT2D eigenvalue weighted by Gasteiger charge is -2.14. The van der Waals surface area contributed by atoms with Crippen LogP contribution in [0.25, 0.3) is 11.0 Å². The van der Waals surface area contributed by atoms with Crippen LogP contribution < -0.4 is 5.32 Å². The highest BCUT2D eigenvalue weighted by molar-refractivity contribution is 5.98. The average Bonchev–Trinajstić information content (AvgIpc) is 3.05. The molecule has 1 heterocycles. The van der Waals surface area contributed by atoms with Gasteiger partial charge in [0.05, 0.1) is 22.9 Å². The summed E-state index contributed by atoms with van der Waals surface area (Å²) in [5.74, 6) is -0.932. The summed E-state index contributed by atoms with van der Waals surface area (Å²) in [5, 5.41) is 2.76. The lowest BCUT2D eigenvalue weighted by molar-refractivity contribution is -0.123. The Morgan fingerprint density at radius 2 is 1.92 bits per heavy atom. The van der Waals surface area contributed by atoms with Crippen molar-refractivity contribution in [1.29, 1.82) is 0 Å². The molecule has 1 atom stereocenters. The molecule has 128 valence electrons. The molecule has 0 aliphatic rings. The zero-order valence-corrected chi connectivity index (χ0v) is 14.3. The van der Waals surface area contributed by atoms with Crippen LogP contribution >= 0.6 is 0 Å². The molecule has 0 radical (unpaired) electrons. The Balaban J connectivity index is 1.65. The number of rotatable bonds is 4. The number of amides is 1. The molecule has 1 amide bonds. The van der Waals surface area contributed by atoms with Crippen molar-refractivity contribution in [3.63, 3.8) is 0 Å². The molecule has 2 N–H and O–H groups in total. The summed E-state index contributed by atoms with van der Waals surface area (Å²) in [5.41, 5.74) is 4.76. The van der Waals surface area contributed by atoms with Crippen molar-refractivity contribution in [1.82, 2.24) is 9.97 Å². The molecule has 0 spiro atoms. The molecular formula is C19H19N3O3. The number of H-pyrrole nitrogens is 1. The number of aromatic amines is 1. The molecule has 1 unspecified atom stereocenters. The maximum absolute atomic E-state index is 12.2. The van der Waals surface area contributed by atoms with Crippen molar-refractivity contribution in [3.05, 3.63) is 59.4 Å². The zero-order valence-electron chi connectivity index (χ0n) is 14.3. The molecule has 25 heavy (non-hydrogen) atoms. The molecule has 3 rings (SSSR count). The average molecular weight is 337 g/mol. The second-order valence-electron chi connectivity index (χ2n) is 5.97. The lowest BCUT2D eigenvalue weighted by Crippen LogP contribution is -2.30. The van der Waals surface area contributed by atoms with Crippen molar-refractivity contribution >= 4 is 28.6 Å². The molecule has 0 saturated carbocycles. The molecule has 6 nitrogen and oxygen atoms in total. The smallest absolute Gasteiger partial charge is 0.338 e. The van der Waals surface area contributed by atoms with Gasteiger partial charge in [0.2, 0.25) is 0 Å². The number of carbonyl (C=O) groups excluding carboxylic acids is 2. The van der Waals surface area contributed by atoms with Gasteiger partial charge in [-0.15, -0.1) is 0 Å². The monoisotopic (exact) mass is 337 g/mol. The highest BCUT2D eigenvalue weighted by Gasteiger charge is 2.19. The fourth-order valence-corrected chi connectivity index (χ4v) is 2.41. The number of anilines is 1. The van der Waals surface area contributed by atoms with Gasteiger partial charge >= 0.3 is 5.97 Å². The van der Waals surface area contributed by atoms with Crippen LogP contribution in [0, 0.1) is 13.8 Å². The normalized spacial score (nSPS) is 12.0. The maximum Gasteiger partial charge on any atom is 0.338 e. The predicted octanol–water partition coefficient (Wildman–Crippen LogP) is 3.36. The lowest BCUT2D eigenvalue weighted by atomic mass is 10.1. The van der Waals surface area contributed by atoms with E-state index >= 15 is 0 Å². The Morgan fingerprint density at radius 1 is 1.12 bits per heavy atom. The maximum atomic E-state index is 12.2. The van der Waals surface area contributed by atoms with Crippen LogP contribution in [0.15, 0.2) is 42.7 Å². The third-order valence-corrected chi connectivity index (χ3v) is 4.08. The molecule has 1 aromatic heterocycles. The van der Waals surface area contributed by atoms with Gasteiger partial charge in [0, 0.05) is 5.69 Å². The summed E-state index contributed by atoms with van der Waals surface area (Å²) in [6.45, 7) is 5.52. The minimum Gasteiger partial charge on any atom is -0.449 e. The first-order valence-electron chi connectivity index (χ1n) is 7.96. The van der Waals surface area contributed by atoms with Gasteiger partial charge in [-0.05, 0) is 62.2 Å². The van der Waals surface area contributed by atoms with Crippen LogP contribution in [0.3, 0.4) is 0 Å². The number of ether oxygens (including phenoxy) is 1. The number of hydrogen-bond donors (Lipinski definition) is 2. The van der Waals surface area contributed by atoms with E-state index in [0.717, 1.165) is 22.2 Å². The molecule has 0 aliphatic heterocycles. The number of esters is 1. The van der Waals surface area contributed by atoms with Crippen LogP contribution in [0.5, 0.6) is 0 Å². The minimum atomic E-state index is -0.911. The first-order valence-corrected chi connectivity index (χ1v) is 7.96. The third kappa shape index (κ3) is 3.68. The summed E-state index contributed by atoms with van der Waals surface area (Å²) >= 11 is 0. The molecule has 0 fully saturated rings. The number of imidazole rings is 1. The van der Waals surface area contributed by atoms with Crippen LogP contribution in [0.4, 0.5) is 5.69 Å². The zero-order chi connectivity index (χ0) is 18.0. The van der Waals surface area contributed by atoms with Crippen molar-refractivity contribution in [2.24, 2.45) is 0 Å². The van der Waals surface area contributed by atoms with Crippen LogP contribution in [0.1, 0.15) is 28.4 Å². The predicted molar refractivity (Wildman–Crippen MR) is 95.5 cm³/mol. The van der Waals surface area contributed by atoms with E-state index in [-0.39, 0.29) is 5.91 Å². The van der Waals surface area contributed by atoms with Gasteiger partial charge in [-0.25, -0.2) is 9.78 Å². The molecule has 0 aliphatic carbocycles. The summed E-state index contributed by atoms with van der Waals surface area (Å²) in [6.07, 6.45) is 0.644. The summed E-state index contributed by atoms with van der Waals surface area (Å²) in [6, 6.07) is 10.6. The summed E-state index contributed by atoms with van der Waals surface area (Å²) < 4.78 is 5.26. The molecule has 2 aromatic carbocycles. The van der Waals surface area contributed by atoms with E-state index in [1.165, 1.54) is 0 Å². The van der Waals surface area contributed by atoms with E-state index in [9.17, 15) is 9.59 Å². The number of fused-ring (bicyclic) bond motifs is 1. The molecule has 0 saturated heterocycles. The fraction of sp³-hybridized carbons (Fsp3) is 0.211. The van der Waals surface area contributed by atoms with Crippen molar-refractivity contribution < 1.29 is 14.3 Å². The SMILES string of the molecule is Cc1ccc(NC(=O)C(C)OC(=O)c2ccc3nc[nH]c3c2)cc1C. The van der Waals surface area contributed by atoms with Crippen LogP contribution in [0.2, 0.25) is 0 Å². The van der Waals surface area contributed by atoms with Crippen molar-refractivity contribution in [2.45, 2.75) is 26.9 Å². The Bertz CT molecular complexity index is 946. The van der Waals surface area contributed by atoms with Gasteiger partial charge < -0.3 is 15.0 Å². The Hall–Kier alpha value is -3.15. The van der Waals surface area contributed by atoms with E-state index in [1.54, 1.807) is 31.5 Å². The van der Waals surface area contributed by atoms with Crippen LogP contribution in [-0.2, 0) is 9.53 Å². The number of benzene rings is 2. The topological polar surface area (TPSA) is 84.1 Å². The number of nitrogens with zero attached hydrogens (tertiary/aromatic N) is 1. The minimum absolute atomic E-state index is 0.364. The quantitative estimate of drug-likeness (QED) is 0.715. The van der Waals surface area contributed by atoms with E-state index in [0.29, 0.717) is 11.3 Å². The Kier molecular flexibility index (Phi) is 4.52. The number of nitrogens with one attached hydrogen (secondary N) is 2. The van der Waals surface area contributed by atoms with E-state index in [4.69, 9.17) is 4.74 Å². The highest BCUT2D eigenvalue weighted by Crippen LogP contribution is 2.16. The Labute approximate surface area is 145 Å². The second kappa shape index (κ2) is 6.76. The highest BCUT2D eigenvalue weighted by atomic mass is 16.5.